The standard InChI is InChI=1S/C12H6Cl2F6N4O/c1-24-9(25)6(14)7(12(18,19)20)22-10(24)23-8-5(13)2-4(3-21-8)11(15,16)17/h2-3H,1H3,(H,21,22,23). The van der Waals surface area contributed by atoms with Crippen LogP contribution in [0.2, 0.25) is 10.0 Å². The third kappa shape index (κ3) is 3.98. The van der Waals surface area contributed by atoms with E-state index in [1.807, 2.05) is 0 Å². The Balaban J connectivity index is 2.51. The van der Waals surface area contributed by atoms with Gasteiger partial charge in [0.2, 0.25) is 5.95 Å². The van der Waals surface area contributed by atoms with E-state index in [9.17, 15) is 31.1 Å². The molecule has 0 unspecified atom stereocenters. The van der Waals surface area contributed by atoms with E-state index in [4.69, 9.17) is 23.2 Å². The molecule has 2 heterocycles. The number of alkyl halides is 6. The molecule has 0 fully saturated rings. The summed E-state index contributed by atoms with van der Waals surface area (Å²) in [7, 11) is 1.06. The zero-order valence-electron chi connectivity index (χ0n) is 11.9. The van der Waals surface area contributed by atoms with E-state index in [-0.39, 0.29) is 0 Å². The summed E-state index contributed by atoms with van der Waals surface area (Å²) < 4.78 is 76.9. The molecule has 13 heteroatoms. The molecule has 0 saturated heterocycles. The summed E-state index contributed by atoms with van der Waals surface area (Å²) >= 11 is 11.0. The van der Waals surface area contributed by atoms with Crippen molar-refractivity contribution in [3.63, 3.8) is 0 Å². The lowest BCUT2D eigenvalue weighted by atomic mass is 10.3. The molecule has 0 aliphatic rings. The number of rotatable bonds is 2. The molecule has 0 aromatic carbocycles. The van der Waals surface area contributed by atoms with Gasteiger partial charge in [-0.15, -0.1) is 0 Å². The number of hydrogen-bond acceptors (Lipinski definition) is 4. The molecule has 0 atom stereocenters. The zero-order chi connectivity index (χ0) is 19.2. The van der Waals surface area contributed by atoms with Gasteiger partial charge in [0, 0.05) is 13.2 Å². The van der Waals surface area contributed by atoms with Gasteiger partial charge in [-0.3, -0.25) is 9.36 Å². The molecule has 0 aliphatic heterocycles. The largest absolute Gasteiger partial charge is 0.435 e. The summed E-state index contributed by atoms with van der Waals surface area (Å²) in [5.74, 6) is -1.08. The minimum atomic E-state index is -5.02. The molecule has 0 saturated carbocycles. The van der Waals surface area contributed by atoms with Crippen molar-refractivity contribution in [2.24, 2.45) is 7.05 Å². The fourth-order valence-corrected chi connectivity index (χ4v) is 2.15. The molecule has 0 spiro atoms. The molecule has 5 nitrogen and oxygen atoms in total. The van der Waals surface area contributed by atoms with Crippen LogP contribution in [0.1, 0.15) is 11.3 Å². The van der Waals surface area contributed by atoms with Gasteiger partial charge in [0.25, 0.3) is 5.56 Å². The summed E-state index contributed by atoms with van der Waals surface area (Å²) in [5.41, 5.74) is -4.02. The van der Waals surface area contributed by atoms with Crippen LogP contribution in [0.25, 0.3) is 0 Å². The first kappa shape index (κ1) is 19.3. The molecule has 25 heavy (non-hydrogen) atoms. The van der Waals surface area contributed by atoms with Crippen LogP contribution in [-0.4, -0.2) is 14.5 Å². The summed E-state index contributed by atoms with van der Waals surface area (Å²) in [6, 6.07) is 0.523. The van der Waals surface area contributed by atoms with Gasteiger partial charge in [-0.2, -0.15) is 26.3 Å². The first-order valence-electron chi connectivity index (χ1n) is 6.16. The Morgan fingerprint density at radius 2 is 1.72 bits per heavy atom. The third-order valence-electron chi connectivity index (χ3n) is 2.90. The van der Waals surface area contributed by atoms with Gasteiger partial charge < -0.3 is 5.32 Å². The lowest BCUT2D eigenvalue weighted by molar-refractivity contribution is -0.141. The number of halogens is 8. The first-order chi connectivity index (χ1) is 11.3. The molecule has 2 rings (SSSR count). The molecule has 2 aromatic rings. The van der Waals surface area contributed by atoms with Crippen LogP contribution in [0.4, 0.5) is 38.1 Å². The number of hydrogen-bond donors (Lipinski definition) is 1. The van der Waals surface area contributed by atoms with Crippen molar-refractivity contribution in [1.82, 2.24) is 14.5 Å². The Kier molecular flexibility index (Phi) is 4.92. The van der Waals surface area contributed by atoms with Crippen molar-refractivity contribution in [2.45, 2.75) is 12.4 Å². The SMILES string of the molecule is Cn1c(Nc2ncc(C(F)(F)F)cc2Cl)nc(C(F)(F)F)c(Cl)c1=O. The van der Waals surface area contributed by atoms with E-state index in [2.05, 4.69) is 15.3 Å². The van der Waals surface area contributed by atoms with Crippen LogP contribution in [0.15, 0.2) is 17.1 Å². The Morgan fingerprint density at radius 1 is 1.12 bits per heavy atom. The minimum Gasteiger partial charge on any atom is -0.309 e. The van der Waals surface area contributed by atoms with Crippen molar-refractivity contribution >= 4 is 35.0 Å². The van der Waals surface area contributed by atoms with Crippen LogP contribution in [0.5, 0.6) is 0 Å². The van der Waals surface area contributed by atoms with Crippen molar-refractivity contribution in [3.8, 4) is 0 Å². The average molecular weight is 407 g/mol. The molecular formula is C12H6Cl2F6N4O. The fraction of sp³-hybridized carbons (Fsp3) is 0.250. The van der Waals surface area contributed by atoms with Crippen LogP contribution in [0, 0.1) is 0 Å². The third-order valence-corrected chi connectivity index (χ3v) is 3.53. The highest BCUT2D eigenvalue weighted by atomic mass is 35.5. The molecule has 0 aliphatic carbocycles. The van der Waals surface area contributed by atoms with E-state index < -0.39 is 51.0 Å². The molecule has 2 aromatic heterocycles. The highest BCUT2D eigenvalue weighted by Gasteiger charge is 2.38. The predicted octanol–water partition coefficient (Wildman–Crippen LogP) is 4.26. The quantitative estimate of drug-likeness (QED) is 0.756. The van der Waals surface area contributed by atoms with E-state index in [0.717, 1.165) is 7.05 Å². The van der Waals surface area contributed by atoms with Crippen LogP contribution >= 0.6 is 23.2 Å². The second-order valence-electron chi connectivity index (χ2n) is 4.64. The monoisotopic (exact) mass is 406 g/mol. The Labute approximate surface area is 145 Å². The maximum Gasteiger partial charge on any atom is 0.435 e. The Morgan fingerprint density at radius 3 is 2.20 bits per heavy atom. The first-order valence-corrected chi connectivity index (χ1v) is 6.91. The molecule has 1 N–H and O–H groups in total. The van der Waals surface area contributed by atoms with E-state index in [1.165, 1.54) is 0 Å². The van der Waals surface area contributed by atoms with E-state index >= 15 is 0 Å². The molecule has 0 amide bonds. The fourth-order valence-electron chi connectivity index (χ4n) is 1.67. The average Bonchev–Trinajstić information content (AvgIpc) is 2.47. The predicted molar refractivity (Wildman–Crippen MR) is 77.0 cm³/mol. The van der Waals surface area contributed by atoms with Gasteiger partial charge in [0.15, 0.2) is 11.5 Å². The maximum atomic E-state index is 12.9. The minimum absolute atomic E-state index is 0.424. The maximum absolute atomic E-state index is 12.9. The van der Waals surface area contributed by atoms with Crippen molar-refractivity contribution < 1.29 is 26.3 Å². The summed E-state index contributed by atoms with van der Waals surface area (Å²) in [6.45, 7) is 0. The Hall–Kier alpha value is -2.01. The van der Waals surface area contributed by atoms with Crippen molar-refractivity contribution in [3.05, 3.63) is 43.9 Å². The number of nitrogens with zero attached hydrogens (tertiary/aromatic N) is 3. The van der Waals surface area contributed by atoms with Crippen molar-refractivity contribution in [2.75, 3.05) is 5.32 Å². The topological polar surface area (TPSA) is 59.8 Å². The Bertz CT molecular complexity index is 878. The zero-order valence-corrected chi connectivity index (χ0v) is 13.4. The lowest BCUT2D eigenvalue weighted by Crippen LogP contribution is -2.26. The summed E-state index contributed by atoms with van der Waals surface area (Å²) in [4.78, 5) is 18.3. The smallest absolute Gasteiger partial charge is 0.309 e. The highest BCUT2D eigenvalue weighted by molar-refractivity contribution is 6.33. The number of anilines is 2. The summed E-state index contributed by atoms with van der Waals surface area (Å²) in [5, 5.41) is 0.502. The van der Waals surface area contributed by atoms with Crippen LogP contribution in [-0.2, 0) is 19.4 Å². The van der Waals surface area contributed by atoms with Gasteiger partial charge in [0.05, 0.1) is 10.6 Å². The van der Waals surface area contributed by atoms with Gasteiger partial charge >= 0.3 is 12.4 Å². The highest BCUT2D eigenvalue weighted by Crippen LogP contribution is 2.34. The summed E-state index contributed by atoms with van der Waals surface area (Å²) in [6.07, 6.45) is -9.30. The number of nitrogens with one attached hydrogen (secondary N) is 1. The van der Waals surface area contributed by atoms with Gasteiger partial charge in [-0.1, -0.05) is 23.2 Å². The molecule has 0 radical (unpaired) electrons. The van der Waals surface area contributed by atoms with Gasteiger partial charge in [-0.05, 0) is 6.07 Å². The lowest BCUT2D eigenvalue weighted by Gasteiger charge is -2.15. The molecular weight excluding hydrogens is 401 g/mol. The molecule has 0 bridgehead atoms. The normalized spacial score (nSPS) is 12.4. The van der Waals surface area contributed by atoms with Crippen LogP contribution in [0.3, 0.4) is 0 Å². The van der Waals surface area contributed by atoms with Crippen molar-refractivity contribution in [1.29, 1.82) is 0 Å². The van der Waals surface area contributed by atoms with Gasteiger partial charge in [0.1, 0.15) is 5.02 Å². The number of pyridine rings is 1. The van der Waals surface area contributed by atoms with E-state index in [1.54, 1.807) is 0 Å². The number of aromatic nitrogens is 3. The molecule has 136 valence electrons. The van der Waals surface area contributed by atoms with E-state index in [0.29, 0.717) is 16.8 Å². The second kappa shape index (κ2) is 6.37. The second-order valence-corrected chi connectivity index (χ2v) is 5.42. The van der Waals surface area contributed by atoms with Crippen LogP contribution < -0.4 is 10.9 Å². The van der Waals surface area contributed by atoms with Gasteiger partial charge in [-0.25, -0.2) is 9.97 Å².